The predicted molar refractivity (Wildman–Crippen MR) is 69.9 cm³/mol. The number of benzene rings is 1. The van der Waals surface area contributed by atoms with Gasteiger partial charge in [0.05, 0.1) is 0 Å². The minimum absolute atomic E-state index is 0.287. The molecule has 0 spiro atoms. The topological polar surface area (TPSA) is 26.0 Å². The Hall–Kier alpha value is -0.470. The van der Waals surface area contributed by atoms with Gasteiger partial charge in [-0.15, -0.1) is 11.8 Å². The largest absolute Gasteiger partial charge is 0.327 e. The zero-order valence-corrected chi connectivity index (χ0v) is 10.6. The van der Waals surface area contributed by atoms with Gasteiger partial charge >= 0.3 is 0 Å². The summed E-state index contributed by atoms with van der Waals surface area (Å²) in [4.78, 5) is 1.42. The van der Waals surface area contributed by atoms with E-state index in [1.807, 2.05) is 11.8 Å². The van der Waals surface area contributed by atoms with Crippen molar-refractivity contribution in [3.8, 4) is 0 Å². The van der Waals surface area contributed by atoms with Crippen LogP contribution in [0.4, 0.5) is 0 Å². The van der Waals surface area contributed by atoms with Gasteiger partial charge in [-0.2, -0.15) is 0 Å². The fraction of sp³-hybridized carbons (Fsp3) is 0.571. The molecule has 0 bridgehead atoms. The van der Waals surface area contributed by atoms with Gasteiger partial charge in [0.2, 0.25) is 0 Å². The van der Waals surface area contributed by atoms with E-state index in [0.29, 0.717) is 5.41 Å². The summed E-state index contributed by atoms with van der Waals surface area (Å²) in [5, 5.41) is 0.897. The third kappa shape index (κ3) is 1.89. The number of hydrogen-bond donors (Lipinski definition) is 1. The quantitative estimate of drug-likeness (QED) is 0.863. The van der Waals surface area contributed by atoms with E-state index in [1.54, 1.807) is 0 Å². The Labute approximate surface area is 102 Å². The van der Waals surface area contributed by atoms with Crippen LogP contribution < -0.4 is 5.73 Å². The highest BCUT2D eigenvalue weighted by molar-refractivity contribution is 8.00. The lowest BCUT2D eigenvalue weighted by Crippen LogP contribution is -2.31. The average molecular weight is 233 g/mol. The molecule has 2 heteroatoms. The van der Waals surface area contributed by atoms with Crippen LogP contribution in [-0.2, 0) is 5.41 Å². The summed E-state index contributed by atoms with van der Waals surface area (Å²) in [7, 11) is 0. The highest BCUT2D eigenvalue weighted by Crippen LogP contribution is 2.50. The van der Waals surface area contributed by atoms with Crippen LogP contribution in [0.25, 0.3) is 0 Å². The molecule has 1 aromatic rings. The molecule has 2 aliphatic rings. The monoisotopic (exact) mass is 233 g/mol. The predicted octanol–water partition coefficient (Wildman–Crippen LogP) is 3.32. The Balaban J connectivity index is 1.76. The Morgan fingerprint density at radius 2 is 1.88 bits per heavy atom. The second kappa shape index (κ2) is 3.78. The van der Waals surface area contributed by atoms with Crippen LogP contribution in [-0.4, -0.2) is 11.3 Å². The molecular formula is C14H19NS. The summed E-state index contributed by atoms with van der Waals surface area (Å²) in [5.41, 5.74) is 7.84. The van der Waals surface area contributed by atoms with Crippen LogP contribution in [0.15, 0.2) is 29.2 Å². The van der Waals surface area contributed by atoms with Crippen molar-refractivity contribution in [3.63, 3.8) is 0 Å². The van der Waals surface area contributed by atoms with Crippen LogP contribution >= 0.6 is 11.8 Å². The molecule has 1 nitrogen and oxygen atoms in total. The lowest BCUT2D eigenvalue weighted by Gasteiger charge is -2.20. The Bertz CT molecular complexity index is 374. The lowest BCUT2D eigenvalue weighted by molar-refractivity contribution is 0.556. The van der Waals surface area contributed by atoms with E-state index in [1.165, 1.54) is 36.1 Å². The second-order valence-corrected chi connectivity index (χ2v) is 6.66. The fourth-order valence-corrected chi connectivity index (χ4v) is 3.44. The molecule has 16 heavy (non-hydrogen) atoms. The summed E-state index contributed by atoms with van der Waals surface area (Å²) in [6.07, 6.45) is 5.33. The van der Waals surface area contributed by atoms with Crippen molar-refractivity contribution in [1.29, 1.82) is 0 Å². The van der Waals surface area contributed by atoms with E-state index in [0.717, 1.165) is 5.25 Å². The minimum Gasteiger partial charge on any atom is -0.327 e. The van der Waals surface area contributed by atoms with Gasteiger partial charge in [0.15, 0.2) is 0 Å². The van der Waals surface area contributed by atoms with Crippen molar-refractivity contribution in [2.24, 2.45) is 5.73 Å². The first-order valence-electron chi connectivity index (χ1n) is 6.23. The molecule has 1 atom stereocenters. The molecule has 0 heterocycles. The SMILES string of the molecule is CC(N)C1(c2ccc(SC3CC3)cc2)CC1. The third-order valence-electron chi connectivity index (χ3n) is 3.92. The number of rotatable bonds is 4. The normalized spacial score (nSPS) is 24.1. The van der Waals surface area contributed by atoms with Crippen LogP contribution in [0.1, 0.15) is 38.2 Å². The number of nitrogens with two attached hydrogens (primary N) is 1. The molecular weight excluding hydrogens is 214 g/mol. The first kappa shape index (κ1) is 10.7. The third-order valence-corrected chi connectivity index (χ3v) is 5.27. The second-order valence-electron chi connectivity index (χ2n) is 5.29. The standard InChI is InChI=1S/C14H19NS/c1-10(15)14(8-9-14)11-2-4-12(5-3-11)16-13-6-7-13/h2-5,10,13H,6-9,15H2,1H3. The van der Waals surface area contributed by atoms with Gasteiger partial charge in [-0.25, -0.2) is 0 Å². The van der Waals surface area contributed by atoms with E-state index < -0.39 is 0 Å². The molecule has 86 valence electrons. The summed E-state index contributed by atoms with van der Waals surface area (Å²) in [6, 6.07) is 9.43. The van der Waals surface area contributed by atoms with Crippen LogP contribution in [0.5, 0.6) is 0 Å². The van der Waals surface area contributed by atoms with Gasteiger partial charge in [0, 0.05) is 21.6 Å². The molecule has 0 aliphatic heterocycles. The maximum Gasteiger partial charge on any atom is 0.0108 e. The van der Waals surface area contributed by atoms with Gasteiger partial charge in [-0.05, 0) is 50.3 Å². The zero-order chi connectivity index (χ0) is 11.2. The molecule has 0 saturated heterocycles. The van der Waals surface area contributed by atoms with Crippen LogP contribution in [0.3, 0.4) is 0 Å². The van der Waals surface area contributed by atoms with E-state index in [2.05, 4.69) is 31.2 Å². The molecule has 3 rings (SSSR count). The summed E-state index contributed by atoms with van der Waals surface area (Å²) in [5.74, 6) is 0. The van der Waals surface area contributed by atoms with E-state index in [9.17, 15) is 0 Å². The molecule has 0 radical (unpaired) electrons. The van der Waals surface area contributed by atoms with Crippen molar-refractivity contribution >= 4 is 11.8 Å². The smallest absolute Gasteiger partial charge is 0.0108 e. The van der Waals surface area contributed by atoms with Crippen molar-refractivity contribution in [2.45, 2.75) is 54.2 Å². The van der Waals surface area contributed by atoms with Gasteiger partial charge < -0.3 is 5.73 Å². The van der Waals surface area contributed by atoms with Crippen molar-refractivity contribution in [2.75, 3.05) is 0 Å². The molecule has 1 unspecified atom stereocenters. The molecule has 2 fully saturated rings. The molecule has 0 amide bonds. The Morgan fingerprint density at radius 1 is 1.25 bits per heavy atom. The van der Waals surface area contributed by atoms with E-state index in [-0.39, 0.29) is 6.04 Å². The summed E-state index contributed by atoms with van der Waals surface area (Å²) in [6.45, 7) is 2.14. The number of hydrogen-bond acceptors (Lipinski definition) is 2. The Morgan fingerprint density at radius 3 is 2.31 bits per heavy atom. The summed E-state index contributed by atoms with van der Waals surface area (Å²) >= 11 is 2.03. The molecule has 1 aromatic carbocycles. The maximum absolute atomic E-state index is 6.09. The lowest BCUT2D eigenvalue weighted by atomic mass is 9.90. The highest BCUT2D eigenvalue weighted by atomic mass is 32.2. The molecule has 0 aromatic heterocycles. The fourth-order valence-electron chi connectivity index (χ4n) is 2.39. The van der Waals surface area contributed by atoms with Gasteiger partial charge in [0.1, 0.15) is 0 Å². The highest BCUT2D eigenvalue weighted by Gasteiger charge is 2.47. The molecule has 2 N–H and O–H groups in total. The Kier molecular flexibility index (Phi) is 2.52. The van der Waals surface area contributed by atoms with E-state index >= 15 is 0 Å². The van der Waals surface area contributed by atoms with Crippen LogP contribution in [0, 0.1) is 0 Å². The van der Waals surface area contributed by atoms with Crippen molar-refractivity contribution < 1.29 is 0 Å². The first-order chi connectivity index (χ1) is 7.71. The number of thioether (sulfide) groups is 1. The van der Waals surface area contributed by atoms with Crippen LogP contribution in [0.2, 0.25) is 0 Å². The molecule has 2 saturated carbocycles. The molecule has 2 aliphatic carbocycles. The minimum atomic E-state index is 0.287. The average Bonchev–Trinajstić information content (AvgIpc) is 3.13. The van der Waals surface area contributed by atoms with Crippen molar-refractivity contribution in [3.05, 3.63) is 29.8 Å². The maximum atomic E-state index is 6.09. The zero-order valence-electron chi connectivity index (χ0n) is 9.78. The first-order valence-corrected chi connectivity index (χ1v) is 7.11. The van der Waals surface area contributed by atoms with Gasteiger partial charge in [-0.3, -0.25) is 0 Å². The van der Waals surface area contributed by atoms with Gasteiger partial charge in [-0.1, -0.05) is 12.1 Å². The van der Waals surface area contributed by atoms with Crippen molar-refractivity contribution in [1.82, 2.24) is 0 Å². The van der Waals surface area contributed by atoms with E-state index in [4.69, 9.17) is 5.73 Å². The van der Waals surface area contributed by atoms with Gasteiger partial charge in [0.25, 0.3) is 0 Å². The summed E-state index contributed by atoms with van der Waals surface area (Å²) < 4.78 is 0.